The van der Waals surface area contributed by atoms with Crippen molar-refractivity contribution in [2.45, 2.75) is 34.1 Å². The molecule has 0 spiro atoms. The average Bonchev–Trinajstić information content (AvgIpc) is 2.80. The number of carbonyl (C=O) groups excluding carboxylic acids is 2. The van der Waals surface area contributed by atoms with Crippen molar-refractivity contribution in [3.8, 4) is 0 Å². The lowest BCUT2D eigenvalue weighted by Gasteiger charge is -2.29. The highest BCUT2D eigenvalue weighted by Gasteiger charge is 2.56. The minimum Gasteiger partial charge on any atom is -0.468 e. The van der Waals surface area contributed by atoms with Crippen molar-refractivity contribution in [3.05, 3.63) is 29.3 Å². The van der Waals surface area contributed by atoms with Crippen LogP contribution in [0.1, 0.15) is 31.4 Å². The molecule has 132 valence electrons. The molecule has 1 aliphatic heterocycles. The first-order valence-corrected chi connectivity index (χ1v) is 8.55. The Morgan fingerprint density at radius 3 is 2.54 bits per heavy atom. The van der Waals surface area contributed by atoms with E-state index in [1.807, 2.05) is 39.0 Å². The summed E-state index contributed by atoms with van der Waals surface area (Å²) < 4.78 is 5.07. The van der Waals surface area contributed by atoms with Crippen LogP contribution in [0.4, 0.5) is 5.69 Å². The molecule has 1 heterocycles. The van der Waals surface area contributed by atoms with Gasteiger partial charge >= 0.3 is 5.97 Å². The molecule has 1 N–H and O–H groups in total. The monoisotopic (exact) mass is 332 g/mol. The highest BCUT2D eigenvalue weighted by Crippen LogP contribution is 2.41. The summed E-state index contributed by atoms with van der Waals surface area (Å²) in [6.07, 6.45) is 0.972. The van der Waals surface area contributed by atoms with Crippen LogP contribution in [0.2, 0.25) is 0 Å². The predicted molar refractivity (Wildman–Crippen MR) is 95.0 cm³/mol. The molecule has 0 aromatic heterocycles. The van der Waals surface area contributed by atoms with E-state index >= 15 is 0 Å². The first-order chi connectivity index (χ1) is 11.4. The summed E-state index contributed by atoms with van der Waals surface area (Å²) in [7, 11) is 1.39. The number of rotatable bonds is 6. The van der Waals surface area contributed by atoms with Crippen molar-refractivity contribution in [3.63, 3.8) is 0 Å². The zero-order valence-electron chi connectivity index (χ0n) is 15.3. The average molecular weight is 332 g/mol. The number of nitrogens with one attached hydrogen (secondary N) is 1. The molecule has 5 nitrogen and oxygen atoms in total. The number of amides is 1. The summed E-state index contributed by atoms with van der Waals surface area (Å²) in [6.45, 7) is 9.50. The van der Waals surface area contributed by atoms with Crippen LogP contribution in [0.3, 0.4) is 0 Å². The summed E-state index contributed by atoms with van der Waals surface area (Å²) in [6, 6.07) is 5.97. The van der Waals surface area contributed by atoms with Crippen molar-refractivity contribution < 1.29 is 14.3 Å². The van der Waals surface area contributed by atoms with Gasteiger partial charge in [-0.25, -0.2) is 0 Å². The molecule has 0 aliphatic carbocycles. The van der Waals surface area contributed by atoms with E-state index in [9.17, 15) is 9.59 Å². The van der Waals surface area contributed by atoms with Crippen LogP contribution in [0, 0.1) is 25.2 Å². The molecule has 2 atom stereocenters. The van der Waals surface area contributed by atoms with Crippen LogP contribution in [-0.4, -0.2) is 38.6 Å². The topological polar surface area (TPSA) is 58.6 Å². The van der Waals surface area contributed by atoms with Gasteiger partial charge in [-0.15, -0.1) is 0 Å². The maximum absolute atomic E-state index is 13.0. The molecule has 1 aromatic rings. The number of benzene rings is 1. The van der Waals surface area contributed by atoms with E-state index in [0.29, 0.717) is 13.1 Å². The van der Waals surface area contributed by atoms with Crippen LogP contribution in [-0.2, 0) is 14.3 Å². The SMILES string of the molecule is CCCNCC1(C(=O)OC)CN(c2c(C)cccc2C)C(=O)C1C. The number of aryl methyl sites for hydroxylation is 2. The molecule has 0 saturated carbocycles. The van der Waals surface area contributed by atoms with Gasteiger partial charge in [-0.05, 0) is 37.9 Å². The molecule has 2 unspecified atom stereocenters. The number of methoxy groups -OCH3 is 1. The quantitative estimate of drug-likeness (QED) is 0.642. The van der Waals surface area contributed by atoms with Crippen molar-refractivity contribution in [2.75, 3.05) is 31.6 Å². The second-order valence-corrected chi connectivity index (χ2v) is 6.71. The van der Waals surface area contributed by atoms with Gasteiger partial charge in [0.2, 0.25) is 5.91 Å². The summed E-state index contributed by atoms with van der Waals surface area (Å²) in [5.74, 6) is -0.759. The van der Waals surface area contributed by atoms with Gasteiger partial charge in [0.15, 0.2) is 0 Å². The maximum atomic E-state index is 13.0. The van der Waals surface area contributed by atoms with Gasteiger partial charge in [-0.2, -0.15) is 0 Å². The lowest BCUT2D eigenvalue weighted by molar-refractivity contribution is -0.154. The van der Waals surface area contributed by atoms with E-state index in [1.165, 1.54) is 7.11 Å². The zero-order chi connectivity index (χ0) is 17.9. The molecule has 0 bridgehead atoms. The molecular weight excluding hydrogens is 304 g/mol. The number of hydrogen-bond donors (Lipinski definition) is 1. The second-order valence-electron chi connectivity index (χ2n) is 6.71. The van der Waals surface area contributed by atoms with Crippen molar-refractivity contribution in [2.24, 2.45) is 11.3 Å². The first-order valence-electron chi connectivity index (χ1n) is 8.55. The minimum atomic E-state index is -0.851. The molecule has 1 aliphatic rings. The third-order valence-corrected chi connectivity index (χ3v) is 5.07. The number of anilines is 1. The minimum absolute atomic E-state index is 0.0175. The van der Waals surface area contributed by atoms with Crippen molar-refractivity contribution in [1.82, 2.24) is 5.32 Å². The van der Waals surface area contributed by atoms with Crippen LogP contribution in [0.25, 0.3) is 0 Å². The van der Waals surface area contributed by atoms with Crippen LogP contribution < -0.4 is 10.2 Å². The van der Waals surface area contributed by atoms with Crippen molar-refractivity contribution in [1.29, 1.82) is 0 Å². The molecule has 1 amide bonds. The Morgan fingerprint density at radius 1 is 1.38 bits per heavy atom. The lowest BCUT2D eigenvalue weighted by atomic mass is 9.78. The Kier molecular flexibility index (Phi) is 5.65. The fourth-order valence-corrected chi connectivity index (χ4v) is 3.60. The Labute approximate surface area is 144 Å². The molecule has 2 rings (SSSR count). The maximum Gasteiger partial charge on any atom is 0.315 e. The third-order valence-electron chi connectivity index (χ3n) is 5.07. The van der Waals surface area contributed by atoms with Crippen molar-refractivity contribution >= 4 is 17.6 Å². The zero-order valence-corrected chi connectivity index (χ0v) is 15.3. The van der Waals surface area contributed by atoms with Crippen LogP contribution in [0.5, 0.6) is 0 Å². The Morgan fingerprint density at radius 2 is 2.00 bits per heavy atom. The third kappa shape index (κ3) is 3.05. The summed E-state index contributed by atoms with van der Waals surface area (Å²) >= 11 is 0. The number of esters is 1. The predicted octanol–water partition coefficient (Wildman–Crippen LogP) is 2.45. The highest BCUT2D eigenvalue weighted by atomic mass is 16.5. The van der Waals surface area contributed by atoms with E-state index in [0.717, 1.165) is 29.8 Å². The molecule has 1 fully saturated rings. The lowest BCUT2D eigenvalue weighted by Crippen LogP contribution is -2.47. The van der Waals surface area contributed by atoms with E-state index in [-0.39, 0.29) is 11.9 Å². The molecule has 1 aromatic carbocycles. The largest absolute Gasteiger partial charge is 0.468 e. The molecule has 5 heteroatoms. The number of nitrogens with zero attached hydrogens (tertiary/aromatic N) is 1. The summed E-state index contributed by atoms with van der Waals surface area (Å²) in [4.78, 5) is 27.3. The fraction of sp³-hybridized carbons (Fsp3) is 0.579. The van der Waals surface area contributed by atoms with Crippen LogP contribution >= 0.6 is 0 Å². The summed E-state index contributed by atoms with van der Waals surface area (Å²) in [5, 5.41) is 3.31. The van der Waals surface area contributed by atoms with Gasteiger partial charge in [0.05, 0.1) is 13.0 Å². The summed E-state index contributed by atoms with van der Waals surface area (Å²) in [5.41, 5.74) is 2.14. The fourth-order valence-electron chi connectivity index (χ4n) is 3.60. The van der Waals surface area contributed by atoms with E-state index in [1.54, 1.807) is 4.90 Å². The first kappa shape index (κ1) is 18.5. The Bertz CT molecular complexity index is 609. The second kappa shape index (κ2) is 7.34. The number of para-hydroxylation sites is 1. The molecule has 1 saturated heterocycles. The number of ether oxygens (including phenoxy) is 1. The van der Waals surface area contributed by atoms with E-state index < -0.39 is 11.3 Å². The van der Waals surface area contributed by atoms with Gasteiger partial charge in [0, 0.05) is 18.8 Å². The molecule has 24 heavy (non-hydrogen) atoms. The van der Waals surface area contributed by atoms with E-state index in [4.69, 9.17) is 4.74 Å². The Balaban J connectivity index is 2.42. The standard InChI is InChI=1S/C19H28N2O3/c1-6-10-20-11-19(18(23)24-5)12-21(17(22)15(19)4)16-13(2)8-7-9-14(16)3/h7-9,15,20H,6,10-12H2,1-5H3. The van der Waals surface area contributed by atoms with Gasteiger partial charge in [-0.3, -0.25) is 9.59 Å². The van der Waals surface area contributed by atoms with Gasteiger partial charge < -0.3 is 15.0 Å². The van der Waals surface area contributed by atoms with Crippen LogP contribution in [0.15, 0.2) is 18.2 Å². The van der Waals surface area contributed by atoms with Gasteiger partial charge in [-0.1, -0.05) is 32.0 Å². The number of hydrogen-bond acceptors (Lipinski definition) is 4. The highest BCUT2D eigenvalue weighted by molar-refractivity contribution is 6.03. The molecular formula is C19H28N2O3. The smallest absolute Gasteiger partial charge is 0.315 e. The number of carbonyl (C=O) groups is 2. The normalized spacial score (nSPS) is 23.6. The molecule has 0 radical (unpaired) electrons. The Hall–Kier alpha value is -1.88. The van der Waals surface area contributed by atoms with Gasteiger partial charge in [0.25, 0.3) is 0 Å². The van der Waals surface area contributed by atoms with Gasteiger partial charge in [0.1, 0.15) is 5.41 Å². The van der Waals surface area contributed by atoms with E-state index in [2.05, 4.69) is 12.2 Å².